The minimum Gasteiger partial charge on any atom is -0.321 e. The molecule has 1 aromatic carbocycles. The molecule has 2 aliphatic rings. The Bertz CT molecular complexity index is 1030. The van der Waals surface area contributed by atoms with Crippen LogP contribution in [-0.4, -0.2) is 68.7 Å². The molecule has 1 atom stereocenters. The molecular formula is C16H17N7O4S. The van der Waals surface area contributed by atoms with Crippen molar-refractivity contribution in [2.24, 2.45) is 5.10 Å². The summed E-state index contributed by atoms with van der Waals surface area (Å²) in [5.41, 5.74) is 1.49. The Morgan fingerprint density at radius 1 is 1.18 bits per heavy atom. The van der Waals surface area contributed by atoms with Crippen LogP contribution in [0.4, 0.5) is 5.69 Å². The highest BCUT2D eigenvalue weighted by molar-refractivity contribution is 7.91. The van der Waals surface area contributed by atoms with Crippen LogP contribution in [0.2, 0.25) is 0 Å². The molecule has 1 saturated heterocycles. The van der Waals surface area contributed by atoms with Gasteiger partial charge in [0.2, 0.25) is 5.91 Å². The van der Waals surface area contributed by atoms with Gasteiger partial charge in [-0.25, -0.2) is 18.1 Å². The number of tetrazole rings is 1. The van der Waals surface area contributed by atoms with Crippen molar-refractivity contribution in [3.63, 3.8) is 0 Å². The molecule has 0 saturated carbocycles. The fraction of sp³-hybridized carbons (Fsp3) is 0.375. The van der Waals surface area contributed by atoms with Crippen LogP contribution in [0.3, 0.4) is 0 Å². The monoisotopic (exact) mass is 403 g/mol. The van der Waals surface area contributed by atoms with E-state index in [9.17, 15) is 18.0 Å². The Kier molecular flexibility index (Phi) is 4.63. The van der Waals surface area contributed by atoms with Crippen molar-refractivity contribution >= 4 is 33.1 Å². The molecule has 2 aromatic rings. The maximum absolute atomic E-state index is 12.5. The lowest BCUT2D eigenvalue weighted by molar-refractivity contribution is -0.133. The number of amides is 2. The van der Waals surface area contributed by atoms with Gasteiger partial charge in [0.15, 0.2) is 9.84 Å². The summed E-state index contributed by atoms with van der Waals surface area (Å²) in [5, 5.41) is 19.0. The number of sulfone groups is 1. The van der Waals surface area contributed by atoms with Crippen LogP contribution in [0.25, 0.3) is 5.69 Å². The first-order valence-electron chi connectivity index (χ1n) is 8.66. The Labute approximate surface area is 160 Å². The zero-order chi connectivity index (χ0) is 19.7. The second kappa shape index (κ2) is 7.11. The summed E-state index contributed by atoms with van der Waals surface area (Å²) in [6.45, 7) is 0. The number of benzene rings is 1. The molecule has 0 bridgehead atoms. The number of carbonyl (C=O) groups excluding carboxylic acids is 2. The second-order valence-electron chi connectivity index (χ2n) is 6.60. The van der Waals surface area contributed by atoms with Gasteiger partial charge in [-0.3, -0.25) is 9.59 Å². The van der Waals surface area contributed by atoms with Crippen molar-refractivity contribution in [2.45, 2.75) is 25.3 Å². The van der Waals surface area contributed by atoms with Gasteiger partial charge in [-0.2, -0.15) is 5.10 Å². The predicted octanol–water partition coefficient (Wildman–Crippen LogP) is -0.234. The van der Waals surface area contributed by atoms with E-state index < -0.39 is 21.8 Å². The number of nitrogens with zero attached hydrogens (tertiary/aromatic N) is 6. The number of aromatic nitrogens is 4. The largest absolute Gasteiger partial charge is 0.321 e. The van der Waals surface area contributed by atoms with Crippen molar-refractivity contribution in [1.82, 2.24) is 25.2 Å². The number of hydrogen-bond donors (Lipinski definition) is 1. The third-order valence-corrected chi connectivity index (χ3v) is 6.37. The molecule has 3 heterocycles. The molecule has 1 aromatic heterocycles. The van der Waals surface area contributed by atoms with Gasteiger partial charge in [-0.1, -0.05) is 0 Å². The van der Waals surface area contributed by atoms with Crippen molar-refractivity contribution < 1.29 is 18.0 Å². The van der Waals surface area contributed by atoms with E-state index in [1.807, 2.05) is 0 Å². The summed E-state index contributed by atoms with van der Waals surface area (Å²) in [5.74, 6) is -0.764. The summed E-state index contributed by atoms with van der Waals surface area (Å²) in [7, 11) is -3.16. The van der Waals surface area contributed by atoms with Crippen molar-refractivity contribution in [1.29, 1.82) is 0 Å². The Morgan fingerprint density at radius 2 is 1.96 bits per heavy atom. The number of anilines is 1. The van der Waals surface area contributed by atoms with E-state index in [1.54, 1.807) is 24.3 Å². The van der Waals surface area contributed by atoms with Gasteiger partial charge in [0.25, 0.3) is 5.91 Å². The van der Waals surface area contributed by atoms with Crippen LogP contribution >= 0.6 is 0 Å². The van der Waals surface area contributed by atoms with Gasteiger partial charge in [-0.05, 0) is 41.1 Å². The van der Waals surface area contributed by atoms with E-state index in [1.165, 1.54) is 16.0 Å². The third-order valence-electron chi connectivity index (χ3n) is 4.61. The first-order chi connectivity index (χ1) is 13.4. The first-order valence-corrected chi connectivity index (χ1v) is 10.5. The molecule has 4 rings (SSSR count). The van der Waals surface area contributed by atoms with Gasteiger partial charge in [0.05, 0.1) is 23.2 Å². The fourth-order valence-electron chi connectivity index (χ4n) is 3.17. The van der Waals surface area contributed by atoms with Crippen LogP contribution in [0.5, 0.6) is 0 Å². The van der Waals surface area contributed by atoms with Crippen LogP contribution in [0, 0.1) is 0 Å². The second-order valence-corrected chi connectivity index (χ2v) is 8.83. The number of nitrogens with one attached hydrogen (secondary N) is 1. The van der Waals surface area contributed by atoms with Crippen LogP contribution < -0.4 is 5.32 Å². The maximum atomic E-state index is 12.5. The lowest BCUT2D eigenvalue weighted by Crippen LogP contribution is -2.42. The number of hydrazone groups is 1. The van der Waals surface area contributed by atoms with Crippen molar-refractivity contribution in [3.8, 4) is 5.69 Å². The molecular weight excluding hydrogens is 386 g/mol. The quantitative estimate of drug-likeness (QED) is 0.743. The van der Waals surface area contributed by atoms with E-state index in [4.69, 9.17) is 0 Å². The van der Waals surface area contributed by atoms with Gasteiger partial charge in [0.1, 0.15) is 12.0 Å². The molecule has 2 amide bonds. The van der Waals surface area contributed by atoms with E-state index in [-0.39, 0.29) is 36.0 Å². The van der Waals surface area contributed by atoms with Crippen LogP contribution in [0.1, 0.15) is 19.3 Å². The molecule has 0 radical (unpaired) electrons. The minimum atomic E-state index is -3.16. The standard InChI is InChI=1S/C16H17N7O4S/c24-15-6-5-14(19-23(15)13-7-8-28(26,27)9-13)16(25)18-11-1-3-12(4-2-11)22-10-17-20-21-22/h1-4,10,13H,5-9H2,(H,18,25)/t13-/m0/s1. The molecule has 0 aliphatic carbocycles. The molecule has 0 spiro atoms. The number of hydrogen-bond acceptors (Lipinski definition) is 8. The van der Waals surface area contributed by atoms with E-state index >= 15 is 0 Å². The highest BCUT2D eigenvalue weighted by Crippen LogP contribution is 2.22. The average molecular weight is 403 g/mol. The first kappa shape index (κ1) is 18.2. The molecule has 12 heteroatoms. The highest BCUT2D eigenvalue weighted by atomic mass is 32.2. The third kappa shape index (κ3) is 3.76. The Morgan fingerprint density at radius 3 is 2.61 bits per heavy atom. The fourth-order valence-corrected chi connectivity index (χ4v) is 4.86. The Balaban J connectivity index is 1.46. The van der Waals surface area contributed by atoms with Crippen LogP contribution in [0.15, 0.2) is 35.7 Å². The highest BCUT2D eigenvalue weighted by Gasteiger charge is 2.37. The van der Waals surface area contributed by atoms with Gasteiger partial charge in [-0.15, -0.1) is 5.10 Å². The predicted molar refractivity (Wildman–Crippen MR) is 98.4 cm³/mol. The van der Waals surface area contributed by atoms with Gasteiger partial charge < -0.3 is 5.32 Å². The lowest BCUT2D eigenvalue weighted by atomic mass is 10.1. The summed E-state index contributed by atoms with van der Waals surface area (Å²) >= 11 is 0. The normalized spacial score (nSPS) is 21.4. The van der Waals surface area contributed by atoms with E-state index in [0.29, 0.717) is 12.1 Å². The molecule has 1 N–H and O–H groups in total. The molecule has 0 unspecified atom stereocenters. The minimum absolute atomic E-state index is 0.0339. The smallest absolute Gasteiger partial charge is 0.271 e. The van der Waals surface area contributed by atoms with E-state index in [2.05, 4.69) is 25.9 Å². The SMILES string of the molecule is O=C(Nc1ccc(-n2cnnn2)cc1)C1=NN([C@H]2CCS(=O)(=O)C2)C(=O)CC1. The summed E-state index contributed by atoms with van der Waals surface area (Å²) in [6, 6.07) is 6.38. The Hall–Kier alpha value is -3.15. The maximum Gasteiger partial charge on any atom is 0.271 e. The van der Waals surface area contributed by atoms with Crippen molar-refractivity contribution in [3.05, 3.63) is 30.6 Å². The number of carbonyl (C=O) groups is 2. The summed E-state index contributed by atoms with van der Waals surface area (Å²) in [6.07, 6.45) is 2.13. The molecule has 11 nitrogen and oxygen atoms in total. The molecule has 146 valence electrons. The molecule has 28 heavy (non-hydrogen) atoms. The summed E-state index contributed by atoms with van der Waals surface area (Å²) < 4.78 is 24.8. The van der Waals surface area contributed by atoms with Gasteiger partial charge in [0, 0.05) is 18.5 Å². The average Bonchev–Trinajstić information content (AvgIpc) is 3.32. The zero-order valence-electron chi connectivity index (χ0n) is 14.7. The number of rotatable bonds is 4. The van der Waals surface area contributed by atoms with Crippen molar-refractivity contribution in [2.75, 3.05) is 16.8 Å². The topological polar surface area (TPSA) is 140 Å². The lowest BCUT2D eigenvalue weighted by Gasteiger charge is -2.27. The van der Waals surface area contributed by atoms with Gasteiger partial charge >= 0.3 is 0 Å². The zero-order valence-corrected chi connectivity index (χ0v) is 15.5. The van der Waals surface area contributed by atoms with Crippen LogP contribution in [-0.2, 0) is 19.4 Å². The molecule has 2 aliphatic heterocycles. The summed E-state index contributed by atoms with van der Waals surface area (Å²) in [4.78, 5) is 24.7. The molecule has 1 fully saturated rings. The van der Waals surface area contributed by atoms with E-state index in [0.717, 1.165) is 5.69 Å².